The highest BCUT2D eigenvalue weighted by Gasteiger charge is 2.11. The molecular formula is C15H25N5S. The van der Waals surface area contributed by atoms with Gasteiger partial charge in [0.25, 0.3) is 0 Å². The minimum Gasteiger partial charge on any atom is -0.367 e. The second kappa shape index (κ2) is 7.56. The van der Waals surface area contributed by atoms with E-state index in [1.165, 1.54) is 0 Å². The summed E-state index contributed by atoms with van der Waals surface area (Å²) in [6, 6.07) is 2.47. The number of nitrogens with one attached hydrogen (secondary N) is 2. The molecule has 2 N–H and O–H groups in total. The first-order valence-corrected chi connectivity index (χ1v) is 8.38. The molecule has 1 unspecified atom stereocenters. The molecule has 0 aromatic carbocycles. The van der Waals surface area contributed by atoms with Crippen molar-refractivity contribution in [3.05, 3.63) is 11.4 Å². The number of thiophene rings is 1. The van der Waals surface area contributed by atoms with Gasteiger partial charge in [0.1, 0.15) is 10.6 Å². The maximum Gasteiger partial charge on any atom is 0.226 e. The Morgan fingerprint density at radius 3 is 2.86 bits per heavy atom. The summed E-state index contributed by atoms with van der Waals surface area (Å²) in [5.41, 5.74) is 0. The molecule has 2 aromatic rings. The van der Waals surface area contributed by atoms with Crippen LogP contribution in [0.25, 0.3) is 10.2 Å². The number of aromatic nitrogens is 2. The molecule has 0 bridgehead atoms. The SMILES string of the molecule is CCCNc1nc(NC(C)CCN(C)C)c2ccsc2n1. The lowest BCUT2D eigenvalue weighted by Crippen LogP contribution is -2.23. The van der Waals surface area contributed by atoms with Gasteiger partial charge in [-0.15, -0.1) is 11.3 Å². The zero-order valence-corrected chi connectivity index (χ0v) is 14.1. The predicted octanol–water partition coefficient (Wildman–Crippen LogP) is 3.27. The van der Waals surface area contributed by atoms with Crippen LogP contribution < -0.4 is 10.6 Å². The molecule has 0 radical (unpaired) electrons. The second-order valence-electron chi connectivity index (χ2n) is 5.60. The van der Waals surface area contributed by atoms with Gasteiger partial charge in [-0.25, -0.2) is 4.98 Å². The Kier molecular flexibility index (Phi) is 5.76. The van der Waals surface area contributed by atoms with Crippen molar-refractivity contribution in [1.82, 2.24) is 14.9 Å². The molecule has 0 aliphatic heterocycles. The van der Waals surface area contributed by atoms with E-state index in [9.17, 15) is 0 Å². The normalized spacial score (nSPS) is 12.8. The number of hydrogen-bond donors (Lipinski definition) is 2. The fraction of sp³-hybridized carbons (Fsp3) is 0.600. The quantitative estimate of drug-likeness (QED) is 0.784. The van der Waals surface area contributed by atoms with Gasteiger partial charge >= 0.3 is 0 Å². The summed E-state index contributed by atoms with van der Waals surface area (Å²) in [5, 5.41) is 9.99. The Morgan fingerprint density at radius 2 is 2.14 bits per heavy atom. The van der Waals surface area contributed by atoms with Crippen molar-refractivity contribution in [2.45, 2.75) is 32.7 Å². The smallest absolute Gasteiger partial charge is 0.226 e. The molecule has 0 saturated heterocycles. The van der Waals surface area contributed by atoms with Crippen molar-refractivity contribution in [1.29, 1.82) is 0 Å². The minimum absolute atomic E-state index is 0.379. The van der Waals surface area contributed by atoms with Gasteiger partial charge in [-0.05, 0) is 51.9 Å². The lowest BCUT2D eigenvalue weighted by molar-refractivity contribution is 0.390. The summed E-state index contributed by atoms with van der Waals surface area (Å²) in [4.78, 5) is 12.4. The van der Waals surface area contributed by atoms with Crippen LogP contribution in [0.1, 0.15) is 26.7 Å². The minimum atomic E-state index is 0.379. The average molecular weight is 307 g/mol. The van der Waals surface area contributed by atoms with Crippen molar-refractivity contribution in [2.75, 3.05) is 37.8 Å². The fourth-order valence-electron chi connectivity index (χ4n) is 2.04. The van der Waals surface area contributed by atoms with E-state index in [4.69, 9.17) is 0 Å². The molecule has 0 spiro atoms. The Morgan fingerprint density at radius 1 is 1.33 bits per heavy atom. The van der Waals surface area contributed by atoms with Crippen LogP contribution in [0.3, 0.4) is 0 Å². The lowest BCUT2D eigenvalue weighted by Gasteiger charge is -2.18. The van der Waals surface area contributed by atoms with Crippen LogP contribution in [-0.2, 0) is 0 Å². The number of rotatable bonds is 8. The van der Waals surface area contributed by atoms with Crippen LogP contribution in [0, 0.1) is 0 Å². The van der Waals surface area contributed by atoms with Crippen molar-refractivity contribution >= 4 is 33.3 Å². The number of hydrogen-bond acceptors (Lipinski definition) is 6. The number of anilines is 2. The first-order chi connectivity index (χ1) is 10.1. The highest BCUT2D eigenvalue weighted by atomic mass is 32.1. The van der Waals surface area contributed by atoms with E-state index in [1.54, 1.807) is 11.3 Å². The zero-order valence-electron chi connectivity index (χ0n) is 13.3. The third-order valence-electron chi connectivity index (χ3n) is 3.25. The largest absolute Gasteiger partial charge is 0.367 e. The maximum absolute atomic E-state index is 4.64. The zero-order chi connectivity index (χ0) is 15.2. The highest BCUT2D eigenvalue weighted by Crippen LogP contribution is 2.27. The van der Waals surface area contributed by atoms with Crippen LogP contribution in [0.5, 0.6) is 0 Å². The Balaban J connectivity index is 2.14. The molecule has 0 amide bonds. The summed E-state index contributed by atoms with van der Waals surface area (Å²) in [5.74, 6) is 1.65. The Hall–Kier alpha value is -1.40. The molecule has 0 fully saturated rings. The molecule has 2 heterocycles. The number of nitrogens with zero attached hydrogens (tertiary/aromatic N) is 3. The molecule has 0 aliphatic carbocycles. The standard InChI is InChI=1S/C15H25N5S/c1-5-8-16-15-18-13(12-7-10-21-14(12)19-15)17-11(2)6-9-20(3)4/h7,10-11H,5-6,8-9H2,1-4H3,(H2,16,17,18,19). The third-order valence-corrected chi connectivity index (χ3v) is 4.06. The molecule has 6 heteroatoms. The van der Waals surface area contributed by atoms with E-state index in [-0.39, 0.29) is 0 Å². The van der Waals surface area contributed by atoms with Crippen LogP contribution in [0.4, 0.5) is 11.8 Å². The van der Waals surface area contributed by atoms with Crippen molar-refractivity contribution < 1.29 is 0 Å². The lowest BCUT2D eigenvalue weighted by atomic mass is 10.2. The van der Waals surface area contributed by atoms with Crippen LogP contribution in [0.15, 0.2) is 11.4 Å². The van der Waals surface area contributed by atoms with Gasteiger partial charge < -0.3 is 15.5 Å². The summed E-state index contributed by atoms with van der Waals surface area (Å²) in [7, 11) is 4.20. The summed E-state index contributed by atoms with van der Waals surface area (Å²) < 4.78 is 0. The molecule has 116 valence electrons. The molecule has 2 aromatic heterocycles. The summed E-state index contributed by atoms with van der Waals surface area (Å²) in [6.07, 6.45) is 2.15. The number of fused-ring (bicyclic) bond motifs is 1. The van der Waals surface area contributed by atoms with Gasteiger partial charge in [-0.2, -0.15) is 4.98 Å². The molecule has 0 saturated carbocycles. The van der Waals surface area contributed by atoms with E-state index < -0.39 is 0 Å². The van der Waals surface area contributed by atoms with Crippen LogP contribution >= 0.6 is 11.3 Å². The van der Waals surface area contributed by atoms with E-state index in [1.807, 2.05) is 0 Å². The molecule has 0 aliphatic rings. The Bertz CT molecular complexity index is 566. The van der Waals surface area contributed by atoms with Crippen LogP contribution in [0.2, 0.25) is 0 Å². The van der Waals surface area contributed by atoms with E-state index in [2.05, 4.69) is 64.9 Å². The topological polar surface area (TPSA) is 53.1 Å². The van der Waals surface area contributed by atoms with Crippen molar-refractivity contribution in [2.24, 2.45) is 0 Å². The first kappa shape index (κ1) is 16.0. The van der Waals surface area contributed by atoms with Gasteiger partial charge in [0.05, 0.1) is 5.39 Å². The third kappa shape index (κ3) is 4.54. The van der Waals surface area contributed by atoms with Gasteiger partial charge in [-0.3, -0.25) is 0 Å². The van der Waals surface area contributed by atoms with Crippen molar-refractivity contribution in [3.63, 3.8) is 0 Å². The van der Waals surface area contributed by atoms with Crippen molar-refractivity contribution in [3.8, 4) is 0 Å². The average Bonchev–Trinajstić information content (AvgIpc) is 2.91. The van der Waals surface area contributed by atoms with Crippen LogP contribution in [-0.4, -0.2) is 48.1 Å². The summed E-state index contributed by atoms with van der Waals surface area (Å²) in [6.45, 7) is 6.29. The summed E-state index contributed by atoms with van der Waals surface area (Å²) >= 11 is 1.66. The monoisotopic (exact) mass is 307 g/mol. The van der Waals surface area contributed by atoms with Gasteiger partial charge in [0.15, 0.2) is 0 Å². The van der Waals surface area contributed by atoms with Gasteiger partial charge in [0, 0.05) is 12.6 Å². The molecule has 2 rings (SSSR count). The van der Waals surface area contributed by atoms with E-state index >= 15 is 0 Å². The first-order valence-electron chi connectivity index (χ1n) is 7.50. The van der Waals surface area contributed by atoms with Gasteiger partial charge in [-0.1, -0.05) is 6.92 Å². The molecule has 21 heavy (non-hydrogen) atoms. The fourth-order valence-corrected chi connectivity index (χ4v) is 2.80. The molecule has 5 nitrogen and oxygen atoms in total. The second-order valence-corrected chi connectivity index (χ2v) is 6.49. The molecular weight excluding hydrogens is 282 g/mol. The predicted molar refractivity (Wildman–Crippen MR) is 92.5 cm³/mol. The highest BCUT2D eigenvalue weighted by molar-refractivity contribution is 7.16. The van der Waals surface area contributed by atoms with E-state index in [0.717, 1.165) is 42.0 Å². The maximum atomic E-state index is 4.64. The Labute approximate surface area is 130 Å². The molecule has 1 atom stereocenters. The van der Waals surface area contributed by atoms with E-state index in [0.29, 0.717) is 12.0 Å². The van der Waals surface area contributed by atoms with Gasteiger partial charge in [0.2, 0.25) is 5.95 Å².